The average Bonchev–Trinajstić information content (AvgIpc) is 2.73. The first kappa shape index (κ1) is 19.9. The van der Waals surface area contributed by atoms with E-state index in [0.717, 1.165) is 31.5 Å². The zero-order valence-corrected chi connectivity index (χ0v) is 16.7. The molecule has 1 fully saturated rings. The van der Waals surface area contributed by atoms with Crippen LogP contribution in [0.2, 0.25) is 0 Å². The number of likely N-dealkylation sites (tertiary alicyclic amines) is 1. The maximum Gasteiger partial charge on any atom is 0.253 e. The second-order valence-electron chi connectivity index (χ2n) is 7.55. The molecule has 0 atom stereocenters. The van der Waals surface area contributed by atoms with Crippen LogP contribution in [-0.4, -0.2) is 29.8 Å². The van der Waals surface area contributed by atoms with Gasteiger partial charge in [0.15, 0.2) is 0 Å². The SMILES string of the molecule is C=CC(=O)NCc1ccc(C(=O)N2CCC(c3cc(C)ccc3C)CC2)cc1. The van der Waals surface area contributed by atoms with Crippen LogP contribution < -0.4 is 5.32 Å². The summed E-state index contributed by atoms with van der Waals surface area (Å²) in [5.74, 6) is 0.410. The molecule has 0 unspecified atom stereocenters. The van der Waals surface area contributed by atoms with Crippen LogP contribution in [0.3, 0.4) is 0 Å². The van der Waals surface area contributed by atoms with Crippen LogP contribution in [0.1, 0.15) is 51.4 Å². The van der Waals surface area contributed by atoms with Gasteiger partial charge >= 0.3 is 0 Å². The lowest BCUT2D eigenvalue weighted by Crippen LogP contribution is -2.38. The van der Waals surface area contributed by atoms with Crippen molar-refractivity contribution in [2.75, 3.05) is 13.1 Å². The molecule has 0 aromatic heterocycles. The van der Waals surface area contributed by atoms with Gasteiger partial charge in [0.25, 0.3) is 5.91 Å². The van der Waals surface area contributed by atoms with E-state index in [-0.39, 0.29) is 11.8 Å². The molecule has 28 heavy (non-hydrogen) atoms. The minimum absolute atomic E-state index is 0.0843. The second-order valence-corrected chi connectivity index (χ2v) is 7.55. The molecule has 3 rings (SSSR count). The van der Waals surface area contributed by atoms with Crippen LogP contribution in [0.25, 0.3) is 0 Å². The summed E-state index contributed by atoms with van der Waals surface area (Å²) in [6, 6.07) is 14.1. The smallest absolute Gasteiger partial charge is 0.253 e. The molecule has 146 valence electrons. The normalized spacial score (nSPS) is 14.6. The molecule has 1 aliphatic rings. The van der Waals surface area contributed by atoms with Gasteiger partial charge < -0.3 is 10.2 Å². The van der Waals surface area contributed by atoms with Crippen LogP contribution in [0.4, 0.5) is 0 Å². The van der Waals surface area contributed by atoms with E-state index < -0.39 is 0 Å². The van der Waals surface area contributed by atoms with Crippen molar-refractivity contribution >= 4 is 11.8 Å². The van der Waals surface area contributed by atoms with Crippen LogP contribution in [0, 0.1) is 13.8 Å². The van der Waals surface area contributed by atoms with Crippen LogP contribution >= 0.6 is 0 Å². The molecule has 0 radical (unpaired) electrons. The van der Waals surface area contributed by atoms with Crippen molar-refractivity contribution in [3.63, 3.8) is 0 Å². The standard InChI is InChI=1S/C24H28N2O2/c1-4-23(27)25-16-19-7-9-21(10-8-19)24(28)26-13-11-20(12-14-26)22-15-17(2)5-6-18(22)3/h4-10,15,20H,1,11-14,16H2,2-3H3,(H,25,27). The lowest BCUT2D eigenvalue weighted by Gasteiger charge is -2.33. The quantitative estimate of drug-likeness (QED) is 0.798. The van der Waals surface area contributed by atoms with Crippen molar-refractivity contribution in [1.29, 1.82) is 0 Å². The van der Waals surface area contributed by atoms with E-state index in [1.54, 1.807) is 0 Å². The Morgan fingerprint density at radius 2 is 1.79 bits per heavy atom. The molecule has 2 amide bonds. The Morgan fingerprint density at radius 3 is 2.43 bits per heavy atom. The molecular weight excluding hydrogens is 348 g/mol. The van der Waals surface area contributed by atoms with Gasteiger partial charge in [-0.15, -0.1) is 0 Å². The van der Waals surface area contributed by atoms with Gasteiger partial charge in [-0.2, -0.15) is 0 Å². The lowest BCUT2D eigenvalue weighted by molar-refractivity contribution is -0.116. The van der Waals surface area contributed by atoms with Gasteiger partial charge in [0.05, 0.1) is 0 Å². The van der Waals surface area contributed by atoms with E-state index >= 15 is 0 Å². The summed E-state index contributed by atoms with van der Waals surface area (Å²) < 4.78 is 0. The van der Waals surface area contributed by atoms with Crippen molar-refractivity contribution in [1.82, 2.24) is 10.2 Å². The number of aryl methyl sites for hydroxylation is 2. The molecular formula is C24H28N2O2. The lowest BCUT2D eigenvalue weighted by atomic mass is 9.86. The second kappa shape index (κ2) is 8.87. The van der Waals surface area contributed by atoms with E-state index in [9.17, 15) is 9.59 Å². The van der Waals surface area contributed by atoms with Gasteiger partial charge in [-0.05, 0) is 67.5 Å². The fourth-order valence-corrected chi connectivity index (χ4v) is 3.80. The highest BCUT2D eigenvalue weighted by Gasteiger charge is 2.25. The number of piperidine rings is 1. The first-order valence-corrected chi connectivity index (χ1v) is 9.83. The summed E-state index contributed by atoms with van der Waals surface area (Å²) in [4.78, 5) is 26.0. The monoisotopic (exact) mass is 376 g/mol. The zero-order chi connectivity index (χ0) is 20.1. The summed E-state index contributed by atoms with van der Waals surface area (Å²) in [6.45, 7) is 9.74. The number of carbonyl (C=O) groups excluding carboxylic acids is 2. The van der Waals surface area contributed by atoms with Crippen molar-refractivity contribution in [3.05, 3.63) is 82.9 Å². The van der Waals surface area contributed by atoms with E-state index in [1.165, 1.54) is 22.8 Å². The summed E-state index contributed by atoms with van der Waals surface area (Å²) in [5.41, 5.74) is 5.72. The molecule has 1 saturated heterocycles. The van der Waals surface area contributed by atoms with E-state index in [0.29, 0.717) is 18.0 Å². The summed E-state index contributed by atoms with van der Waals surface area (Å²) in [5, 5.41) is 2.74. The largest absolute Gasteiger partial charge is 0.348 e. The molecule has 0 saturated carbocycles. The molecule has 0 aliphatic carbocycles. The maximum atomic E-state index is 12.8. The summed E-state index contributed by atoms with van der Waals surface area (Å²) in [7, 11) is 0. The highest BCUT2D eigenvalue weighted by molar-refractivity contribution is 5.94. The number of amides is 2. The molecule has 0 bridgehead atoms. The number of hydrogen-bond donors (Lipinski definition) is 1. The van der Waals surface area contributed by atoms with Crippen molar-refractivity contribution < 1.29 is 9.59 Å². The van der Waals surface area contributed by atoms with E-state index in [2.05, 4.69) is 43.9 Å². The van der Waals surface area contributed by atoms with Crippen molar-refractivity contribution in [2.24, 2.45) is 0 Å². The number of carbonyl (C=O) groups is 2. The third kappa shape index (κ3) is 4.69. The van der Waals surface area contributed by atoms with Crippen LogP contribution in [0.15, 0.2) is 55.1 Å². The van der Waals surface area contributed by atoms with Gasteiger partial charge in [-0.3, -0.25) is 9.59 Å². The van der Waals surface area contributed by atoms with Gasteiger partial charge in [0.1, 0.15) is 0 Å². The van der Waals surface area contributed by atoms with Gasteiger partial charge in [0.2, 0.25) is 5.91 Å². The highest BCUT2D eigenvalue weighted by atomic mass is 16.2. The zero-order valence-electron chi connectivity index (χ0n) is 16.7. The number of nitrogens with one attached hydrogen (secondary N) is 1. The van der Waals surface area contributed by atoms with Gasteiger partial charge in [-0.1, -0.05) is 42.5 Å². The summed E-state index contributed by atoms with van der Waals surface area (Å²) >= 11 is 0. The molecule has 1 aliphatic heterocycles. The highest BCUT2D eigenvalue weighted by Crippen LogP contribution is 2.31. The van der Waals surface area contributed by atoms with Crippen LogP contribution in [-0.2, 0) is 11.3 Å². The Bertz CT molecular complexity index is 863. The Balaban J connectivity index is 1.58. The number of benzene rings is 2. The van der Waals surface area contributed by atoms with Gasteiger partial charge in [-0.25, -0.2) is 0 Å². The molecule has 1 heterocycles. The first-order chi connectivity index (χ1) is 13.5. The molecule has 0 spiro atoms. The minimum atomic E-state index is -0.202. The van der Waals surface area contributed by atoms with Gasteiger partial charge in [0, 0.05) is 25.2 Å². The molecule has 1 N–H and O–H groups in total. The third-order valence-corrected chi connectivity index (χ3v) is 5.51. The maximum absolute atomic E-state index is 12.8. The summed E-state index contributed by atoms with van der Waals surface area (Å²) in [6.07, 6.45) is 3.25. The average molecular weight is 377 g/mol. The van der Waals surface area contributed by atoms with E-state index in [1.807, 2.05) is 29.2 Å². The number of rotatable bonds is 5. The topological polar surface area (TPSA) is 49.4 Å². The molecule has 2 aromatic rings. The van der Waals surface area contributed by atoms with Crippen molar-refractivity contribution in [2.45, 2.75) is 39.2 Å². The first-order valence-electron chi connectivity index (χ1n) is 9.83. The predicted octanol–water partition coefficient (Wildman–Crippen LogP) is 4.13. The predicted molar refractivity (Wildman–Crippen MR) is 112 cm³/mol. The van der Waals surface area contributed by atoms with Crippen LogP contribution in [0.5, 0.6) is 0 Å². The Labute approximate surface area is 167 Å². The molecule has 4 heteroatoms. The fourth-order valence-electron chi connectivity index (χ4n) is 3.80. The Kier molecular flexibility index (Phi) is 6.30. The fraction of sp³-hybridized carbons (Fsp3) is 0.333. The molecule has 4 nitrogen and oxygen atoms in total. The molecule has 2 aromatic carbocycles. The van der Waals surface area contributed by atoms with E-state index in [4.69, 9.17) is 0 Å². The third-order valence-electron chi connectivity index (χ3n) is 5.51. The van der Waals surface area contributed by atoms with Crippen molar-refractivity contribution in [3.8, 4) is 0 Å². The number of hydrogen-bond acceptors (Lipinski definition) is 2. The Morgan fingerprint density at radius 1 is 1.11 bits per heavy atom. The Hall–Kier alpha value is -2.88. The number of nitrogens with zero attached hydrogens (tertiary/aromatic N) is 1. The minimum Gasteiger partial charge on any atom is -0.348 e.